The summed E-state index contributed by atoms with van der Waals surface area (Å²) in [5, 5.41) is 0. The molecule has 0 amide bonds. The molecule has 6 heteroatoms. The van der Waals surface area contributed by atoms with Crippen LogP contribution in [0.3, 0.4) is 0 Å². The first-order chi connectivity index (χ1) is 8.76. The lowest BCUT2D eigenvalue weighted by Crippen LogP contribution is -2.48. The predicted molar refractivity (Wildman–Crippen MR) is 91.2 cm³/mol. The number of piperazine rings is 1. The Labute approximate surface area is 139 Å². The summed E-state index contributed by atoms with van der Waals surface area (Å²) < 4.78 is 5.41. The first kappa shape index (κ1) is 19.7. The van der Waals surface area contributed by atoms with Gasteiger partial charge in [-0.1, -0.05) is 19.1 Å². The zero-order valence-electron chi connectivity index (χ0n) is 11.9. The standard InChI is InChI=1S/C14H21ClN2O.2ClH/c1-3-14(15)17-10-8-16(9-11-17)12-6-4-5-7-13(12)18-2;;/h4-7,14H,3,8-11H2,1-2H3;2*1H. The summed E-state index contributed by atoms with van der Waals surface area (Å²) in [5.74, 6) is 0.948. The third kappa shape index (κ3) is 4.59. The molecule has 1 saturated heterocycles. The van der Waals surface area contributed by atoms with Gasteiger partial charge >= 0.3 is 0 Å². The van der Waals surface area contributed by atoms with Gasteiger partial charge in [0, 0.05) is 26.2 Å². The smallest absolute Gasteiger partial charge is 0.142 e. The molecule has 1 aliphatic heterocycles. The van der Waals surface area contributed by atoms with Crippen LogP contribution in [0, 0.1) is 0 Å². The van der Waals surface area contributed by atoms with E-state index in [9.17, 15) is 0 Å². The van der Waals surface area contributed by atoms with Crippen molar-refractivity contribution in [1.82, 2.24) is 4.90 Å². The van der Waals surface area contributed by atoms with E-state index in [0.717, 1.165) is 38.3 Å². The minimum absolute atomic E-state index is 0. The topological polar surface area (TPSA) is 15.7 Å². The van der Waals surface area contributed by atoms with Gasteiger partial charge in [-0.2, -0.15) is 0 Å². The Morgan fingerprint density at radius 1 is 1.15 bits per heavy atom. The molecule has 0 aliphatic carbocycles. The normalized spacial score (nSPS) is 16.9. The molecular weight excluding hydrogens is 319 g/mol. The second kappa shape index (κ2) is 9.56. The molecule has 1 aliphatic rings. The van der Waals surface area contributed by atoms with Gasteiger partial charge in [-0.05, 0) is 18.6 Å². The van der Waals surface area contributed by atoms with Gasteiger partial charge in [0.2, 0.25) is 0 Å². The van der Waals surface area contributed by atoms with Crippen molar-refractivity contribution in [3.8, 4) is 5.75 Å². The van der Waals surface area contributed by atoms with Gasteiger partial charge in [-0.3, -0.25) is 4.90 Å². The lowest BCUT2D eigenvalue weighted by atomic mass is 10.2. The number of anilines is 1. The van der Waals surface area contributed by atoms with Crippen LogP contribution < -0.4 is 9.64 Å². The molecule has 1 unspecified atom stereocenters. The van der Waals surface area contributed by atoms with Crippen molar-refractivity contribution < 1.29 is 4.74 Å². The van der Waals surface area contributed by atoms with Gasteiger partial charge in [0.1, 0.15) is 5.75 Å². The van der Waals surface area contributed by atoms with E-state index < -0.39 is 0 Å². The molecule has 1 aromatic carbocycles. The van der Waals surface area contributed by atoms with Crippen molar-refractivity contribution in [1.29, 1.82) is 0 Å². The van der Waals surface area contributed by atoms with E-state index >= 15 is 0 Å². The predicted octanol–water partition coefficient (Wildman–Crippen LogP) is 3.64. The summed E-state index contributed by atoms with van der Waals surface area (Å²) in [5.41, 5.74) is 1.35. The first-order valence-electron chi connectivity index (χ1n) is 6.52. The molecule has 0 aromatic heterocycles. The maximum absolute atomic E-state index is 6.28. The van der Waals surface area contributed by atoms with Crippen LogP contribution in [0.5, 0.6) is 5.75 Å². The van der Waals surface area contributed by atoms with E-state index in [2.05, 4.69) is 28.9 Å². The molecule has 0 saturated carbocycles. The van der Waals surface area contributed by atoms with E-state index in [4.69, 9.17) is 16.3 Å². The summed E-state index contributed by atoms with van der Waals surface area (Å²) in [7, 11) is 1.72. The highest BCUT2D eigenvalue weighted by Gasteiger charge is 2.22. The minimum Gasteiger partial charge on any atom is -0.495 e. The summed E-state index contributed by atoms with van der Waals surface area (Å²) in [6, 6.07) is 8.19. The van der Waals surface area contributed by atoms with Crippen molar-refractivity contribution in [2.24, 2.45) is 0 Å². The Bertz CT molecular complexity index is 384. The van der Waals surface area contributed by atoms with E-state index in [1.807, 2.05) is 12.1 Å². The fraction of sp³-hybridized carbons (Fsp3) is 0.571. The Morgan fingerprint density at radius 2 is 1.75 bits per heavy atom. The summed E-state index contributed by atoms with van der Waals surface area (Å²) >= 11 is 6.28. The van der Waals surface area contributed by atoms with Crippen molar-refractivity contribution in [2.75, 3.05) is 38.2 Å². The van der Waals surface area contributed by atoms with Gasteiger partial charge in [-0.25, -0.2) is 0 Å². The van der Waals surface area contributed by atoms with Crippen LogP contribution in [0.1, 0.15) is 13.3 Å². The molecule has 1 atom stereocenters. The summed E-state index contributed by atoms with van der Waals surface area (Å²) in [4.78, 5) is 4.71. The third-order valence-electron chi connectivity index (χ3n) is 3.47. The second-order valence-electron chi connectivity index (χ2n) is 4.54. The number of hydrogen-bond acceptors (Lipinski definition) is 3. The molecule has 1 fully saturated rings. The molecule has 20 heavy (non-hydrogen) atoms. The van der Waals surface area contributed by atoms with Crippen LogP contribution in [0.4, 0.5) is 5.69 Å². The Hall–Kier alpha value is -0.350. The van der Waals surface area contributed by atoms with Gasteiger partial charge in [0.15, 0.2) is 0 Å². The second-order valence-corrected chi connectivity index (χ2v) is 5.04. The van der Waals surface area contributed by atoms with Crippen molar-refractivity contribution >= 4 is 42.1 Å². The van der Waals surface area contributed by atoms with Crippen LogP contribution in [0.25, 0.3) is 0 Å². The first-order valence-corrected chi connectivity index (χ1v) is 6.96. The molecule has 0 N–H and O–H groups in total. The highest BCUT2D eigenvalue weighted by Crippen LogP contribution is 2.28. The number of methoxy groups -OCH3 is 1. The van der Waals surface area contributed by atoms with E-state index in [1.165, 1.54) is 5.69 Å². The molecule has 0 radical (unpaired) electrons. The Morgan fingerprint density at radius 3 is 2.30 bits per heavy atom. The molecule has 1 aromatic rings. The molecule has 116 valence electrons. The average Bonchev–Trinajstić information content (AvgIpc) is 2.46. The third-order valence-corrected chi connectivity index (χ3v) is 4.06. The maximum Gasteiger partial charge on any atom is 0.142 e. The minimum atomic E-state index is 0. The number of benzene rings is 1. The Balaban J connectivity index is 0.00000180. The molecular formula is C14H23Cl3N2O. The van der Waals surface area contributed by atoms with Crippen LogP contribution in [0.15, 0.2) is 24.3 Å². The van der Waals surface area contributed by atoms with Gasteiger partial charge in [0.05, 0.1) is 18.3 Å². The highest BCUT2D eigenvalue weighted by molar-refractivity contribution is 6.20. The zero-order chi connectivity index (χ0) is 13.0. The quantitative estimate of drug-likeness (QED) is 0.614. The monoisotopic (exact) mass is 340 g/mol. The highest BCUT2D eigenvalue weighted by atomic mass is 35.5. The number of ether oxygens (including phenoxy) is 1. The molecule has 1 heterocycles. The Kier molecular flexibility index (Phi) is 9.39. The number of hydrogen-bond donors (Lipinski definition) is 0. The number of para-hydroxylation sites is 2. The van der Waals surface area contributed by atoms with Crippen molar-refractivity contribution in [3.05, 3.63) is 24.3 Å². The zero-order valence-corrected chi connectivity index (χ0v) is 14.3. The van der Waals surface area contributed by atoms with Gasteiger partial charge < -0.3 is 9.64 Å². The molecule has 0 bridgehead atoms. The number of nitrogens with zero attached hydrogens (tertiary/aromatic N) is 2. The molecule has 2 rings (SSSR count). The van der Waals surface area contributed by atoms with Gasteiger partial charge in [0.25, 0.3) is 0 Å². The lowest BCUT2D eigenvalue weighted by molar-refractivity contribution is 0.232. The van der Waals surface area contributed by atoms with Crippen molar-refractivity contribution in [3.63, 3.8) is 0 Å². The summed E-state index contributed by atoms with van der Waals surface area (Å²) in [6.07, 6.45) is 0.996. The maximum atomic E-state index is 6.28. The van der Waals surface area contributed by atoms with E-state index in [1.54, 1.807) is 7.11 Å². The number of rotatable bonds is 4. The summed E-state index contributed by atoms with van der Waals surface area (Å²) in [6.45, 7) is 6.16. The number of halogens is 3. The van der Waals surface area contributed by atoms with Crippen LogP contribution in [-0.4, -0.2) is 43.7 Å². The van der Waals surface area contributed by atoms with Crippen LogP contribution >= 0.6 is 36.4 Å². The SMILES string of the molecule is CCC(Cl)N1CCN(c2ccccc2OC)CC1.Cl.Cl. The number of alkyl halides is 1. The van der Waals surface area contributed by atoms with Crippen molar-refractivity contribution in [2.45, 2.75) is 18.8 Å². The van der Waals surface area contributed by atoms with Crippen LogP contribution in [-0.2, 0) is 0 Å². The molecule has 3 nitrogen and oxygen atoms in total. The van der Waals surface area contributed by atoms with E-state index in [0.29, 0.717) is 0 Å². The average molecular weight is 342 g/mol. The fourth-order valence-corrected chi connectivity index (χ4v) is 2.59. The largest absolute Gasteiger partial charge is 0.495 e. The molecule has 0 spiro atoms. The van der Waals surface area contributed by atoms with Gasteiger partial charge in [-0.15, -0.1) is 36.4 Å². The fourth-order valence-electron chi connectivity index (χ4n) is 2.39. The lowest BCUT2D eigenvalue weighted by Gasteiger charge is -2.38. The van der Waals surface area contributed by atoms with Crippen LogP contribution in [0.2, 0.25) is 0 Å². The van der Waals surface area contributed by atoms with E-state index in [-0.39, 0.29) is 30.3 Å².